The Balaban J connectivity index is 1.95. The summed E-state index contributed by atoms with van der Waals surface area (Å²) < 4.78 is 13.3. The third-order valence-corrected chi connectivity index (χ3v) is 7.09. The van der Waals surface area contributed by atoms with E-state index in [1.54, 1.807) is 0 Å². The Morgan fingerprint density at radius 3 is 1.15 bits per heavy atom. The monoisotopic (exact) mass is 462 g/mol. The molecular weight excluding hydrogens is 416 g/mol. The lowest BCUT2D eigenvalue weighted by molar-refractivity contribution is 0.229. The summed E-state index contributed by atoms with van der Waals surface area (Å²) in [5.74, 6) is 3.28. The first-order valence-electron chi connectivity index (χ1n) is 13.9. The molecule has 0 fully saturated rings. The van der Waals surface area contributed by atoms with E-state index in [4.69, 9.17) is 9.47 Å². The van der Waals surface area contributed by atoms with Gasteiger partial charge in [-0.15, -0.1) is 0 Å². The summed E-state index contributed by atoms with van der Waals surface area (Å²) in [6.07, 6.45) is 12.4. The zero-order chi connectivity index (χ0) is 24.2. The highest BCUT2D eigenvalue weighted by atomic mass is 16.5. The molecule has 186 valence electrons. The highest BCUT2D eigenvalue weighted by Crippen LogP contribution is 2.43. The molecule has 2 atom stereocenters. The summed E-state index contributed by atoms with van der Waals surface area (Å²) in [6, 6.07) is 17.3. The molecule has 0 aromatic heterocycles. The first-order chi connectivity index (χ1) is 16.7. The molecule has 2 nitrogen and oxygen atoms in total. The zero-order valence-electron chi connectivity index (χ0n) is 22.1. The number of unbranched alkanes of at least 4 members (excludes halogenated alkanes) is 2. The third-order valence-electron chi connectivity index (χ3n) is 7.09. The molecule has 0 aliphatic rings. The van der Waals surface area contributed by atoms with Gasteiger partial charge in [-0.25, -0.2) is 0 Å². The molecule has 0 amide bonds. The zero-order valence-corrected chi connectivity index (χ0v) is 22.1. The molecular formula is C32H46O2. The highest BCUT2D eigenvalue weighted by molar-refractivity contribution is 6.11. The summed E-state index contributed by atoms with van der Waals surface area (Å²) in [5, 5.41) is 4.68. The van der Waals surface area contributed by atoms with E-state index in [-0.39, 0.29) is 0 Å². The summed E-state index contributed by atoms with van der Waals surface area (Å²) in [5.41, 5.74) is 0. The molecule has 0 radical (unpaired) electrons. The largest absolute Gasteiger partial charge is 0.492 e. The standard InChI is InChI=1S/C32H46O2/c1-5-9-17-25(15-7-3)23-33-31-27-19-11-13-21-29(27)32(30-22-14-12-20-28(30)31)34-24-26(16-8-4)18-10-6-2/h11-14,19-22,25-26H,5-10,15-18,23-24H2,1-4H3. The second-order valence-corrected chi connectivity index (χ2v) is 9.97. The van der Waals surface area contributed by atoms with E-state index in [9.17, 15) is 0 Å². The molecule has 0 bridgehead atoms. The predicted molar refractivity (Wildman–Crippen MR) is 148 cm³/mol. The van der Waals surface area contributed by atoms with Crippen LogP contribution in [-0.4, -0.2) is 13.2 Å². The van der Waals surface area contributed by atoms with Crippen molar-refractivity contribution in [1.82, 2.24) is 0 Å². The van der Waals surface area contributed by atoms with Gasteiger partial charge in [-0.05, 0) is 37.5 Å². The van der Waals surface area contributed by atoms with Crippen LogP contribution in [0, 0.1) is 11.8 Å². The van der Waals surface area contributed by atoms with E-state index < -0.39 is 0 Å². The van der Waals surface area contributed by atoms with Crippen molar-refractivity contribution in [3.05, 3.63) is 48.5 Å². The Morgan fingerprint density at radius 2 is 0.853 bits per heavy atom. The number of rotatable bonds is 16. The van der Waals surface area contributed by atoms with Crippen molar-refractivity contribution >= 4 is 21.5 Å². The van der Waals surface area contributed by atoms with Gasteiger partial charge in [0.2, 0.25) is 0 Å². The molecule has 2 heteroatoms. The predicted octanol–water partition coefficient (Wildman–Crippen LogP) is 9.96. The van der Waals surface area contributed by atoms with Gasteiger partial charge in [0.1, 0.15) is 11.5 Å². The number of ether oxygens (including phenoxy) is 2. The van der Waals surface area contributed by atoms with Crippen molar-refractivity contribution in [2.24, 2.45) is 11.8 Å². The van der Waals surface area contributed by atoms with Gasteiger partial charge < -0.3 is 9.47 Å². The van der Waals surface area contributed by atoms with E-state index in [2.05, 4.69) is 76.2 Å². The summed E-state index contributed by atoms with van der Waals surface area (Å²) in [4.78, 5) is 0. The van der Waals surface area contributed by atoms with Crippen LogP contribution < -0.4 is 9.47 Å². The van der Waals surface area contributed by atoms with Crippen molar-refractivity contribution in [2.45, 2.75) is 91.9 Å². The summed E-state index contributed by atoms with van der Waals surface area (Å²) >= 11 is 0. The average Bonchev–Trinajstić information content (AvgIpc) is 2.87. The molecule has 0 aliphatic carbocycles. The lowest BCUT2D eigenvalue weighted by Crippen LogP contribution is -2.14. The Morgan fingerprint density at radius 1 is 0.500 bits per heavy atom. The van der Waals surface area contributed by atoms with Crippen molar-refractivity contribution in [1.29, 1.82) is 0 Å². The van der Waals surface area contributed by atoms with Crippen LogP contribution in [0.5, 0.6) is 11.5 Å². The van der Waals surface area contributed by atoms with Gasteiger partial charge in [0, 0.05) is 21.5 Å². The van der Waals surface area contributed by atoms with E-state index in [0.29, 0.717) is 11.8 Å². The Kier molecular flexibility index (Phi) is 11.1. The molecule has 0 spiro atoms. The smallest absolute Gasteiger partial charge is 0.135 e. The van der Waals surface area contributed by atoms with Crippen LogP contribution in [0.2, 0.25) is 0 Å². The maximum Gasteiger partial charge on any atom is 0.135 e. The summed E-state index contributed by atoms with van der Waals surface area (Å²) in [7, 11) is 0. The first-order valence-corrected chi connectivity index (χ1v) is 13.9. The van der Waals surface area contributed by atoms with Crippen LogP contribution in [0.3, 0.4) is 0 Å². The van der Waals surface area contributed by atoms with Gasteiger partial charge in [-0.2, -0.15) is 0 Å². The number of fused-ring (bicyclic) bond motifs is 2. The Labute approximate surface area is 208 Å². The van der Waals surface area contributed by atoms with Crippen molar-refractivity contribution < 1.29 is 9.47 Å². The molecule has 34 heavy (non-hydrogen) atoms. The van der Waals surface area contributed by atoms with E-state index in [0.717, 1.165) is 24.7 Å². The van der Waals surface area contributed by atoms with Crippen molar-refractivity contribution in [3.8, 4) is 11.5 Å². The lowest BCUT2D eigenvalue weighted by atomic mass is 9.97. The highest BCUT2D eigenvalue weighted by Gasteiger charge is 2.18. The van der Waals surface area contributed by atoms with E-state index in [1.165, 1.54) is 85.8 Å². The normalized spacial score (nSPS) is 13.3. The fourth-order valence-corrected chi connectivity index (χ4v) is 5.19. The van der Waals surface area contributed by atoms with Crippen LogP contribution in [0.1, 0.15) is 91.9 Å². The number of hydrogen-bond acceptors (Lipinski definition) is 2. The second kappa shape index (κ2) is 14.2. The average molecular weight is 463 g/mol. The number of benzene rings is 3. The van der Waals surface area contributed by atoms with Crippen LogP contribution in [-0.2, 0) is 0 Å². The van der Waals surface area contributed by atoms with Gasteiger partial charge in [0.15, 0.2) is 0 Å². The third kappa shape index (κ3) is 6.90. The first kappa shape index (κ1) is 26.4. The van der Waals surface area contributed by atoms with Gasteiger partial charge in [-0.1, -0.05) is 115 Å². The maximum absolute atomic E-state index is 6.66. The summed E-state index contributed by atoms with van der Waals surface area (Å²) in [6.45, 7) is 10.7. The van der Waals surface area contributed by atoms with Crippen LogP contribution in [0.4, 0.5) is 0 Å². The minimum Gasteiger partial charge on any atom is -0.492 e. The fraction of sp³-hybridized carbons (Fsp3) is 0.562. The second-order valence-electron chi connectivity index (χ2n) is 9.97. The number of hydrogen-bond donors (Lipinski definition) is 0. The van der Waals surface area contributed by atoms with Crippen LogP contribution >= 0.6 is 0 Å². The molecule has 0 saturated heterocycles. The molecule has 2 unspecified atom stereocenters. The quantitative estimate of drug-likeness (QED) is 0.197. The maximum atomic E-state index is 6.66. The van der Waals surface area contributed by atoms with Gasteiger partial charge in [0.25, 0.3) is 0 Å². The van der Waals surface area contributed by atoms with Gasteiger partial charge >= 0.3 is 0 Å². The SMILES string of the molecule is CCCCC(CCC)COc1c2ccccc2c(OCC(CCC)CCCC)c2ccccc12. The molecule has 0 heterocycles. The van der Waals surface area contributed by atoms with Gasteiger partial charge in [-0.3, -0.25) is 0 Å². The fourth-order valence-electron chi connectivity index (χ4n) is 5.19. The van der Waals surface area contributed by atoms with Gasteiger partial charge in [0.05, 0.1) is 13.2 Å². The van der Waals surface area contributed by atoms with E-state index >= 15 is 0 Å². The lowest BCUT2D eigenvalue weighted by Gasteiger charge is -2.22. The minimum atomic E-state index is 0.617. The molecule has 0 aliphatic heterocycles. The van der Waals surface area contributed by atoms with E-state index in [1.807, 2.05) is 0 Å². The minimum absolute atomic E-state index is 0.617. The van der Waals surface area contributed by atoms with Crippen LogP contribution in [0.15, 0.2) is 48.5 Å². The van der Waals surface area contributed by atoms with Crippen molar-refractivity contribution in [2.75, 3.05) is 13.2 Å². The van der Waals surface area contributed by atoms with Crippen LogP contribution in [0.25, 0.3) is 21.5 Å². The molecule has 3 rings (SSSR count). The topological polar surface area (TPSA) is 18.5 Å². The Hall–Kier alpha value is -2.22. The van der Waals surface area contributed by atoms with Crippen molar-refractivity contribution in [3.63, 3.8) is 0 Å². The molecule has 0 N–H and O–H groups in total. The molecule has 0 saturated carbocycles. The molecule has 3 aromatic rings. The Bertz CT molecular complexity index is 856. The molecule has 3 aromatic carbocycles.